The van der Waals surface area contributed by atoms with E-state index in [1.165, 1.54) is 44.2 Å². The number of fused-ring (bicyclic) bond motifs is 4. The molecule has 0 aliphatic carbocycles. The Bertz CT molecular complexity index is 1070. The molecule has 23 heavy (non-hydrogen) atoms. The predicted molar refractivity (Wildman–Crippen MR) is 96.6 cm³/mol. The van der Waals surface area contributed by atoms with Crippen LogP contribution in [0, 0.1) is 13.8 Å². The van der Waals surface area contributed by atoms with Gasteiger partial charge in [0.1, 0.15) is 0 Å². The van der Waals surface area contributed by atoms with E-state index in [4.69, 9.17) is 0 Å². The minimum atomic E-state index is 0.919. The first-order chi connectivity index (χ1) is 11.2. The Morgan fingerprint density at radius 3 is 2.87 bits per heavy atom. The third-order valence-corrected chi connectivity index (χ3v) is 5.06. The van der Waals surface area contributed by atoms with Crippen molar-refractivity contribution in [2.45, 2.75) is 20.4 Å². The second-order valence-corrected chi connectivity index (χ2v) is 6.48. The highest BCUT2D eigenvalue weighted by atomic mass is 15.4. The van der Waals surface area contributed by atoms with Crippen molar-refractivity contribution in [1.82, 2.24) is 9.24 Å². The molecule has 114 valence electrons. The fourth-order valence-electron chi connectivity index (χ4n) is 4.01. The van der Waals surface area contributed by atoms with Crippen LogP contribution in [0.15, 0.2) is 48.7 Å². The van der Waals surface area contributed by atoms with Crippen LogP contribution in [-0.4, -0.2) is 15.8 Å². The number of rotatable bonds is 0. The van der Waals surface area contributed by atoms with Crippen molar-refractivity contribution in [3.8, 4) is 11.3 Å². The Hall–Kier alpha value is -2.68. The lowest BCUT2D eigenvalue weighted by Gasteiger charge is -2.20. The first-order valence-electron chi connectivity index (χ1n) is 8.18. The standard InChI is InChI=1S/C20H19N3/c1-13-6-7-16-14(2)19-17-5-3-4-15-8-10-23(20(15)17)21-9-11-22(19)18(16)12-13/h3-8,10,12,21H,9,11H2,1-2H3. The molecule has 3 nitrogen and oxygen atoms in total. The number of benzene rings is 2. The average molecular weight is 301 g/mol. The van der Waals surface area contributed by atoms with E-state index < -0.39 is 0 Å². The number of nitrogens with zero attached hydrogens (tertiary/aromatic N) is 2. The van der Waals surface area contributed by atoms with Gasteiger partial charge in [-0.15, -0.1) is 0 Å². The SMILES string of the molecule is Cc1ccc2c(C)c3n(c2c1)CCNn1ccc2cccc-3c21. The normalized spacial score (nSPS) is 13.7. The lowest BCUT2D eigenvalue weighted by molar-refractivity contribution is 0.708. The second kappa shape index (κ2) is 4.42. The van der Waals surface area contributed by atoms with Crippen LogP contribution in [0.1, 0.15) is 11.1 Å². The van der Waals surface area contributed by atoms with Crippen LogP contribution in [0.25, 0.3) is 33.1 Å². The fourth-order valence-corrected chi connectivity index (χ4v) is 4.01. The molecule has 3 heteroatoms. The lowest BCUT2D eigenvalue weighted by Crippen LogP contribution is -2.22. The van der Waals surface area contributed by atoms with E-state index in [-0.39, 0.29) is 0 Å². The topological polar surface area (TPSA) is 21.9 Å². The third-order valence-electron chi connectivity index (χ3n) is 5.06. The lowest BCUT2D eigenvalue weighted by atomic mass is 10.0. The molecule has 5 rings (SSSR count). The Labute approximate surface area is 135 Å². The summed E-state index contributed by atoms with van der Waals surface area (Å²) in [7, 11) is 0. The first kappa shape index (κ1) is 12.8. The molecule has 4 aromatic rings. The summed E-state index contributed by atoms with van der Waals surface area (Å²) in [4.78, 5) is 0. The number of hydrogen-bond donors (Lipinski definition) is 1. The van der Waals surface area contributed by atoms with Gasteiger partial charge in [0.15, 0.2) is 0 Å². The molecule has 2 aromatic carbocycles. The van der Waals surface area contributed by atoms with Crippen molar-refractivity contribution >= 4 is 21.8 Å². The van der Waals surface area contributed by atoms with Crippen LogP contribution in [0.2, 0.25) is 0 Å². The van der Waals surface area contributed by atoms with Crippen LogP contribution in [0.3, 0.4) is 0 Å². The van der Waals surface area contributed by atoms with Gasteiger partial charge in [-0.25, -0.2) is 0 Å². The van der Waals surface area contributed by atoms with Gasteiger partial charge in [-0.3, -0.25) is 4.68 Å². The minimum Gasteiger partial charge on any atom is -0.338 e. The molecular weight excluding hydrogens is 282 g/mol. The summed E-state index contributed by atoms with van der Waals surface area (Å²) in [6, 6.07) is 15.6. The maximum Gasteiger partial charge on any atom is 0.0785 e. The van der Waals surface area contributed by atoms with E-state index in [1.54, 1.807) is 0 Å². The summed E-state index contributed by atoms with van der Waals surface area (Å²) in [5, 5.41) is 2.65. The maximum absolute atomic E-state index is 3.53. The van der Waals surface area contributed by atoms with E-state index in [1.807, 2.05) is 0 Å². The van der Waals surface area contributed by atoms with Gasteiger partial charge in [0, 0.05) is 41.1 Å². The molecule has 1 N–H and O–H groups in total. The molecule has 1 aliphatic heterocycles. The number of hydrogen-bond acceptors (Lipinski definition) is 1. The van der Waals surface area contributed by atoms with Crippen molar-refractivity contribution in [2.24, 2.45) is 0 Å². The maximum atomic E-state index is 3.53. The Morgan fingerprint density at radius 1 is 1.04 bits per heavy atom. The van der Waals surface area contributed by atoms with Crippen LogP contribution in [0.5, 0.6) is 0 Å². The number of aryl methyl sites for hydroxylation is 2. The summed E-state index contributed by atoms with van der Waals surface area (Å²) in [5.74, 6) is 0. The van der Waals surface area contributed by atoms with Crippen LogP contribution in [-0.2, 0) is 6.54 Å². The van der Waals surface area contributed by atoms with Crippen LogP contribution >= 0.6 is 0 Å². The number of nitrogens with one attached hydrogen (secondary N) is 1. The van der Waals surface area contributed by atoms with Gasteiger partial charge >= 0.3 is 0 Å². The van der Waals surface area contributed by atoms with Crippen molar-refractivity contribution < 1.29 is 0 Å². The van der Waals surface area contributed by atoms with Crippen molar-refractivity contribution in [2.75, 3.05) is 12.0 Å². The van der Waals surface area contributed by atoms with Gasteiger partial charge in [0.05, 0.1) is 11.2 Å². The molecule has 0 saturated carbocycles. The van der Waals surface area contributed by atoms with E-state index in [2.05, 4.69) is 77.2 Å². The summed E-state index contributed by atoms with van der Waals surface area (Å²) >= 11 is 0. The van der Waals surface area contributed by atoms with Crippen molar-refractivity contribution in [3.63, 3.8) is 0 Å². The van der Waals surface area contributed by atoms with Gasteiger partial charge in [0.25, 0.3) is 0 Å². The molecule has 0 radical (unpaired) electrons. The van der Waals surface area contributed by atoms with Crippen LogP contribution < -0.4 is 5.43 Å². The quantitative estimate of drug-likeness (QED) is 0.509. The largest absolute Gasteiger partial charge is 0.338 e. The third kappa shape index (κ3) is 1.65. The van der Waals surface area contributed by atoms with Crippen molar-refractivity contribution in [1.29, 1.82) is 0 Å². The number of aromatic nitrogens is 2. The highest BCUT2D eigenvalue weighted by Crippen LogP contribution is 2.38. The molecule has 0 bridgehead atoms. The van der Waals surface area contributed by atoms with Gasteiger partial charge in [0.2, 0.25) is 0 Å². The molecule has 0 unspecified atom stereocenters. The van der Waals surface area contributed by atoms with Gasteiger partial charge in [-0.1, -0.05) is 30.3 Å². The van der Waals surface area contributed by atoms with Gasteiger partial charge in [-0.2, -0.15) is 0 Å². The Balaban J connectivity index is 1.98. The van der Waals surface area contributed by atoms with E-state index in [0.717, 1.165) is 13.1 Å². The Morgan fingerprint density at radius 2 is 1.96 bits per heavy atom. The molecule has 0 atom stereocenters. The molecule has 1 aliphatic rings. The highest BCUT2D eigenvalue weighted by molar-refractivity contribution is 6.00. The zero-order valence-electron chi connectivity index (χ0n) is 13.4. The van der Waals surface area contributed by atoms with Crippen molar-refractivity contribution in [3.05, 3.63) is 59.8 Å². The Kier molecular flexibility index (Phi) is 2.46. The predicted octanol–water partition coefficient (Wildman–Crippen LogP) is 4.44. The zero-order valence-corrected chi connectivity index (χ0v) is 13.4. The number of para-hydroxylation sites is 1. The monoisotopic (exact) mass is 301 g/mol. The second-order valence-electron chi connectivity index (χ2n) is 6.48. The molecule has 0 amide bonds. The van der Waals surface area contributed by atoms with Crippen LogP contribution in [0.4, 0.5) is 0 Å². The summed E-state index contributed by atoms with van der Waals surface area (Å²) in [5.41, 5.74) is 11.5. The highest BCUT2D eigenvalue weighted by Gasteiger charge is 2.20. The molecule has 3 heterocycles. The summed E-state index contributed by atoms with van der Waals surface area (Å²) in [6.45, 7) is 6.31. The smallest absolute Gasteiger partial charge is 0.0785 e. The fraction of sp³-hybridized carbons (Fsp3) is 0.200. The first-order valence-corrected chi connectivity index (χ1v) is 8.18. The van der Waals surface area contributed by atoms with E-state index >= 15 is 0 Å². The average Bonchev–Trinajstić information content (AvgIpc) is 3.05. The molecule has 2 aromatic heterocycles. The summed E-state index contributed by atoms with van der Waals surface area (Å²) < 4.78 is 4.66. The summed E-state index contributed by atoms with van der Waals surface area (Å²) in [6.07, 6.45) is 2.13. The van der Waals surface area contributed by atoms with Gasteiger partial charge in [-0.05, 0) is 37.1 Å². The van der Waals surface area contributed by atoms with E-state index in [0.29, 0.717) is 0 Å². The molecule has 0 spiro atoms. The zero-order chi connectivity index (χ0) is 15.6. The van der Waals surface area contributed by atoms with E-state index in [9.17, 15) is 0 Å². The minimum absolute atomic E-state index is 0.919. The molecule has 0 fully saturated rings. The molecule has 0 saturated heterocycles. The molecular formula is C20H19N3. The van der Waals surface area contributed by atoms with Gasteiger partial charge < -0.3 is 9.99 Å².